The number of hydrogen-bond acceptors (Lipinski definition) is 3. The Labute approximate surface area is 99.9 Å². The second-order valence-corrected chi connectivity index (χ2v) is 5.07. The van der Waals surface area contributed by atoms with Crippen LogP contribution in [0.15, 0.2) is 0 Å². The summed E-state index contributed by atoms with van der Waals surface area (Å²) < 4.78 is 11.4. The molecular formula is C13H27NO2. The molecule has 0 aromatic heterocycles. The Hall–Kier alpha value is -0.120. The quantitative estimate of drug-likeness (QED) is 0.725. The van der Waals surface area contributed by atoms with E-state index in [1.807, 2.05) is 0 Å². The van der Waals surface area contributed by atoms with Crippen LogP contribution in [0.25, 0.3) is 0 Å². The van der Waals surface area contributed by atoms with Crippen LogP contribution < -0.4 is 5.32 Å². The van der Waals surface area contributed by atoms with E-state index >= 15 is 0 Å². The van der Waals surface area contributed by atoms with Crippen LogP contribution in [0.1, 0.15) is 34.1 Å². The van der Waals surface area contributed by atoms with Crippen LogP contribution in [0.3, 0.4) is 0 Å². The van der Waals surface area contributed by atoms with Gasteiger partial charge in [-0.15, -0.1) is 0 Å². The van der Waals surface area contributed by atoms with Gasteiger partial charge in [-0.2, -0.15) is 0 Å². The smallest absolute Gasteiger partial charge is 0.0626 e. The van der Waals surface area contributed by atoms with E-state index < -0.39 is 0 Å². The highest BCUT2D eigenvalue weighted by Gasteiger charge is 2.25. The number of nitrogens with one attached hydrogen (secondary N) is 1. The summed E-state index contributed by atoms with van der Waals surface area (Å²) in [5, 5.41) is 3.51. The Bertz CT molecular complexity index is 179. The Morgan fingerprint density at radius 1 is 1.38 bits per heavy atom. The molecule has 0 bridgehead atoms. The highest BCUT2D eigenvalue weighted by atomic mass is 16.5. The average Bonchev–Trinajstić information content (AvgIpc) is 2.76. The molecule has 3 unspecified atom stereocenters. The lowest BCUT2D eigenvalue weighted by atomic mass is 9.99. The monoisotopic (exact) mass is 229 g/mol. The standard InChI is InChI=1S/C13H27NO2/c1-5-14-13(12-6-7-15-8-12)9-16-11(4)10(2)3/h10-14H,5-9H2,1-4H3. The highest BCUT2D eigenvalue weighted by molar-refractivity contribution is 4.79. The van der Waals surface area contributed by atoms with Gasteiger partial charge in [0.1, 0.15) is 0 Å². The number of ether oxygens (including phenoxy) is 2. The topological polar surface area (TPSA) is 30.5 Å². The first-order valence-corrected chi connectivity index (χ1v) is 6.57. The van der Waals surface area contributed by atoms with E-state index in [9.17, 15) is 0 Å². The number of hydrogen-bond donors (Lipinski definition) is 1. The number of rotatable bonds is 7. The normalized spacial score (nSPS) is 24.9. The SMILES string of the molecule is CCNC(COC(C)C(C)C)C1CCOC1. The van der Waals surface area contributed by atoms with Gasteiger partial charge in [0.05, 0.1) is 19.3 Å². The molecule has 0 aromatic carbocycles. The van der Waals surface area contributed by atoms with E-state index in [0.29, 0.717) is 24.0 Å². The van der Waals surface area contributed by atoms with Gasteiger partial charge in [-0.3, -0.25) is 0 Å². The highest BCUT2D eigenvalue weighted by Crippen LogP contribution is 2.18. The summed E-state index contributed by atoms with van der Waals surface area (Å²) in [5.74, 6) is 1.21. The molecule has 0 radical (unpaired) electrons. The number of likely N-dealkylation sites (N-methyl/N-ethyl adjacent to an activating group) is 1. The van der Waals surface area contributed by atoms with Gasteiger partial charge in [-0.1, -0.05) is 20.8 Å². The predicted molar refractivity (Wildman–Crippen MR) is 66.6 cm³/mol. The van der Waals surface area contributed by atoms with Crippen LogP contribution in [0.2, 0.25) is 0 Å². The summed E-state index contributed by atoms with van der Waals surface area (Å²) >= 11 is 0. The molecule has 16 heavy (non-hydrogen) atoms. The van der Waals surface area contributed by atoms with Gasteiger partial charge in [-0.05, 0) is 25.8 Å². The van der Waals surface area contributed by atoms with Crippen molar-refractivity contribution in [3.8, 4) is 0 Å². The molecule has 3 nitrogen and oxygen atoms in total. The van der Waals surface area contributed by atoms with E-state index in [-0.39, 0.29) is 0 Å². The maximum absolute atomic E-state index is 5.91. The molecule has 1 N–H and O–H groups in total. The van der Waals surface area contributed by atoms with Crippen LogP contribution in [0, 0.1) is 11.8 Å². The minimum Gasteiger partial charge on any atom is -0.381 e. The molecule has 96 valence electrons. The van der Waals surface area contributed by atoms with Gasteiger partial charge in [0.25, 0.3) is 0 Å². The summed E-state index contributed by atoms with van der Waals surface area (Å²) in [5.41, 5.74) is 0. The molecule has 0 aliphatic carbocycles. The predicted octanol–water partition coefficient (Wildman–Crippen LogP) is 2.06. The Balaban J connectivity index is 2.32. The Morgan fingerprint density at radius 2 is 2.12 bits per heavy atom. The Kier molecular flexibility index (Phi) is 6.32. The third-order valence-corrected chi connectivity index (χ3v) is 3.48. The summed E-state index contributed by atoms with van der Waals surface area (Å²) in [7, 11) is 0. The van der Waals surface area contributed by atoms with Crippen molar-refractivity contribution in [3.05, 3.63) is 0 Å². The van der Waals surface area contributed by atoms with E-state index in [1.165, 1.54) is 0 Å². The van der Waals surface area contributed by atoms with E-state index in [0.717, 1.165) is 32.8 Å². The fraction of sp³-hybridized carbons (Fsp3) is 1.00. The van der Waals surface area contributed by atoms with Gasteiger partial charge in [0.2, 0.25) is 0 Å². The lowest BCUT2D eigenvalue weighted by Crippen LogP contribution is -2.41. The molecule has 1 aliphatic heterocycles. The van der Waals surface area contributed by atoms with Crippen molar-refractivity contribution < 1.29 is 9.47 Å². The van der Waals surface area contributed by atoms with E-state index in [2.05, 4.69) is 33.0 Å². The molecule has 1 fully saturated rings. The van der Waals surface area contributed by atoms with Crippen molar-refractivity contribution >= 4 is 0 Å². The van der Waals surface area contributed by atoms with Crippen LogP contribution >= 0.6 is 0 Å². The van der Waals surface area contributed by atoms with Crippen LogP contribution in [0.4, 0.5) is 0 Å². The van der Waals surface area contributed by atoms with Gasteiger partial charge >= 0.3 is 0 Å². The molecule has 0 spiro atoms. The maximum Gasteiger partial charge on any atom is 0.0626 e. The first kappa shape index (κ1) is 13.9. The van der Waals surface area contributed by atoms with E-state index in [1.54, 1.807) is 0 Å². The molecule has 3 heteroatoms. The zero-order chi connectivity index (χ0) is 12.0. The molecule has 1 rings (SSSR count). The molecule has 3 atom stereocenters. The fourth-order valence-corrected chi connectivity index (χ4v) is 1.94. The lowest BCUT2D eigenvalue weighted by molar-refractivity contribution is 0.0117. The van der Waals surface area contributed by atoms with E-state index in [4.69, 9.17) is 9.47 Å². The lowest BCUT2D eigenvalue weighted by Gasteiger charge is -2.26. The Morgan fingerprint density at radius 3 is 2.62 bits per heavy atom. The van der Waals surface area contributed by atoms with Crippen molar-refractivity contribution in [1.29, 1.82) is 0 Å². The second kappa shape index (κ2) is 7.25. The summed E-state index contributed by atoms with van der Waals surface area (Å²) in [4.78, 5) is 0. The van der Waals surface area contributed by atoms with Crippen LogP contribution in [-0.4, -0.2) is 38.5 Å². The first-order valence-electron chi connectivity index (χ1n) is 6.57. The minimum atomic E-state index is 0.337. The molecular weight excluding hydrogens is 202 g/mol. The van der Waals surface area contributed by atoms with Crippen molar-refractivity contribution in [3.63, 3.8) is 0 Å². The molecule has 0 aromatic rings. The molecule has 1 saturated heterocycles. The maximum atomic E-state index is 5.91. The van der Waals surface area contributed by atoms with Gasteiger partial charge < -0.3 is 14.8 Å². The largest absolute Gasteiger partial charge is 0.381 e. The van der Waals surface area contributed by atoms with Gasteiger partial charge in [0.15, 0.2) is 0 Å². The van der Waals surface area contributed by atoms with Crippen molar-refractivity contribution in [2.24, 2.45) is 11.8 Å². The van der Waals surface area contributed by atoms with Gasteiger partial charge in [-0.25, -0.2) is 0 Å². The molecule has 0 saturated carbocycles. The third kappa shape index (κ3) is 4.40. The summed E-state index contributed by atoms with van der Waals surface area (Å²) in [6.07, 6.45) is 1.50. The van der Waals surface area contributed by atoms with Crippen LogP contribution in [-0.2, 0) is 9.47 Å². The minimum absolute atomic E-state index is 0.337. The molecule has 1 heterocycles. The van der Waals surface area contributed by atoms with Gasteiger partial charge in [0, 0.05) is 18.6 Å². The molecule has 0 amide bonds. The summed E-state index contributed by atoms with van der Waals surface area (Å²) in [6, 6.07) is 0.452. The zero-order valence-corrected chi connectivity index (χ0v) is 11.2. The van der Waals surface area contributed by atoms with Crippen molar-refractivity contribution in [2.75, 3.05) is 26.4 Å². The zero-order valence-electron chi connectivity index (χ0n) is 11.2. The van der Waals surface area contributed by atoms with Crippen molar-refractivity contribution in [2.45, 2.75) is 46.3 Å². The van der Waals surface area contributed by atoms with Crippen molar-refractivity contribution in [1.82, 2.24) is 5.32 Å². The summed E-state index contributed by atoms with van der Waals surface area (Å²) in [6.45, 7) is 12.3. The van der Waals surface area contributed by atoms with Crippen LogP contribution in [0.5, 0.6) is 0 Å². The first-order chi connectivity index (χ1) is 7.65. The third-order valence-electron chi connectivity index (χ3n) is 3.48. The fourth-order valence-electron chi connectivity index (χ4n) is 1.94. The molecule has 1 aliphatic rings. The average molecular weight is 229 g/mol. The second-order valence-electron chi connectivity index (χ2n) is 5.07.